The van der Waals surface area contributed by atoms with Crippen LogP contribution in [-0.4, -0.2) is 32.9 Å². The fourth-order valence-electron chi connectivity index (χ4n) is 4.51. The van der Waals surface area contributed by atoms with E-state index in [-0.39, 0.29) is 22.3 Å². The highest BCUT2D eigenvalue weighted by molar-refractivity contribution is 7.71. The quantitative estimate of drug-likeness (QED) is 0.780. The van der Waals surface area contributed by atoms with Crippen LogP contribution in [0.3, 0.4) is 0 Å². The molecule has 2 N–H and O–H groups in total. The normalized spacial score (nSPS) is 26.5. The molecule has 2 aliphatic rings. The molecular formula is C18H21N3O2S. The number of aromatic nitrogens is 2. The zero-order valence-electron chi connectivity index (χ0n) is 13.7. The van der Waals surface area contributed by atoms with Crippen molar-refractivity contribution < 1.29 is 4.79 Å². The van der Waals surface area contributed by atoms with Gasteiger partial charge in [-0.3, -0.25) is 14.6 Å². The molecule has 1 saturated carbocycles. The molecule has 3 atom stereocenters. The van der Waals surface area contributed by atoms with Crippen LogP contribution in [-0.2, 0) is 0 Å². The van der Waals surface area contributed by atoms with Crippen LogP contribution in [0.2, 0.25) is 0 Å². The molecule has 1 aliphatic heterocycles. The summed E-state index contributed by atoms with van der Waals surface area (Å²) in [5.74, 6) is 0.713. The summed E-state index contributed by atoms with van der Waals surface area (Å²) >= 11 is 5.03. The van der Waals surface area contributed by atoms with Gasteiger partial charge in [0.1, 0.15) is 0 Å². The van der Waals surface area contributed by atoms with Gasteiger partial charge in [-0.05, 0) is 62.5 Å². The first-order chi connectivity index (χ1) is 11.5. The predicted octanol–water partition coefficient (Wildman–Crippen LogP) is 3.38. The monoisotopic (exact) mass is 343 g/mol. The number of likely N-dealkylation sites (tertiary alicyclic amines) is 1. The Kier molecular flexibility index (Phi) is 3.79. The summed E-state index contributed by atoms with van der Waals surface area (Å²) in [7, 11) is 0. The lowest BCUT2D eigenvalue weighted by atomic mass is 9.85. The topological polar surface area (TPSA) is 69.0 Å². The Balaban J connectivity index is 1.73. The van der Waals surface area contributed by atoms with Gasteiger partial charge in [0.25, 0.3) is 11.5 Å². The molecule has 1 aromatic heterocycles. The van der Waals surface area contributed by atoms with E-state index in [1.807, 2.05) is 0 Å². The second-order valence-corrected chi connectivity index (χ2v) is 7.49. The Morgan fingerprint density at radius 1 is 1.25 bits per heavy atom. The van der Waals surface area contributed by atoms with E-state index < -0.39 is 0 Å². The van der Waals surface area contributed by atoms with Gasteiger partial charge in [-0.1, -0.05) is 12.8 Å². The number of nitrogens with zero attached hydrogens (tertiary/aromatic N) is 1. The number of H-pyrrole nitrogens is 2. The van der Waals surface area contributed by atoms with Gasteiger partial charge in [-0.15, -0.1) is 0 Å². The van der Waals surface area contributed by atoms with Crippen molar-refractivity contribution in [3.8, 4) is 0 Å². The third-order valence-corrected chi connectivity index (χ3v) is 5.77. The van der Waals surface area contributed by atoms with E-state index >= 15 is 0 Å². The fourth-order valence-corrected chi connectivity index (χ4v) is 4.71. The average Bonchev–Trinajstić information content (AvgIpc) is 2.89. The number of fused-ring (bicyclic) bond motifs is 2. The molecule has 6 heteroatoms. The molecule has 126 valence electrons. The minimum absolute atomic E-state index is 0.0680. The molecule has 4 rings (SSSR count). The maximum Gasteiger partial charge on any atom is 0.259 e. The van der Waals surface area contributed by atoms with Crippen molar-refractivity contribution >= 4 is 29.0 Å². The first-order valence-electron chi connectivity index (χ1n) is 8.63. The van der Waals surface area contributed by atoms with Crippen LogP contribution in [0.25, 0.3) is 10.9 Å². The van der Waals surface area contributed by atoms with Crippen LogP contribution in [0.4, 0.5) is 0 Å². The largest absolute Gasteiger partial charge is 0.333 e. The number of hydrogen-bond donors (Lipinski definition) is 2. The maximum atomic E-state index is 13.1. The Labute approximate surface area is 145 Å². The van der Waals surface area contributed by atoms with Gasteiger partial charge in [0, 0.05) is 17.6 Å². The Hall–Kier alpha value is -1.95. The number of aromatic amines is 2. The third-order valence-electron chi connectivity index (χ3n) is 5.57. The van der Waals surface area contributed by atoms with Crippen LogP contribution in [0.1, 0.15) is 49.4 Å². The average molecular weight is 343 g/mol. The summed E-state index contributed by atoms with van der Waals surface area (Å²) in [5.41, 5.74) is 1.01. The van der Waals surface area contributed by atoms with E-state index in [1.54, 1.807) is 18.2 Å². The summed E-state index contributed by atoms with van der Waals surface area (Å²) < 4.78 is 0.277. The molecule has 1 aliphatic carbocycles. The second kappa shape index (κ2) is 5.84. The van der Waals surface area contributed by atoms with Gasteiger partial charge in [0.05, 0.1) is 10.9 Å². The van der Waals surface area contributed by atoms with Gasteiger partial charge >= 0.3 is 0 Å². The van der Waals surface area contributed by atoms with E-state index in [0.29, 0.717) is 28.4 Å². The van der Waals surface area contributed by atoms with E-state index in [4.69, 9.17) is 12.2 Å². The second-order valence-electron chi connectivity index (χ2n) is 7.08. The molecule has 2 heterocycles. The van der Waals surface area contributed by atoms with E-state index in [2.05, 4.69) is 21.8 Å². The SMILES string of the molecule is C[C@@H]1C[C@@H]2CCCC[C@@H]2N1C(=O)c1ccc2c(=O)[nH]c(=S)[nH]c2c1. The number of rotatable bonds is 1. The van der Waals surface area contributed by atoms with Crippen molar-refractivity contribution in [2.45, 2.75) is 51.1 Å². The number of benzene rings is 1. The summed E-state index contributed by atoms with van der Waals surface area (Å²) in [4.78, 5) is 32.7. The molecule has 0 bridgehead atoms. The fraction of sp³-hybridized carbons (Fsp3) is 0.500. The maximum absolute atomic E-state index is 13.1. The molecule has 0 unspecified atom stereocenters. The molecule has 1 aromatic carbocycles. The Morgan fingerprint density at radius 3 is 2.88 bits per heavy atom. The summed E-state index contributed by atoms with van der Waals surface area (Å²) in [6.07, 6.45) is 5.94. The molecule has 0 spiro atoms. The molecule has 1 amide bonds. The van der Waals surface area contributed by atoms with Crippen molar-refractivity contribution in [1.29, 1.82) is 0 Å². The lowest BCUT2D eigenvalue weighted by Gasteiger charge is -2.33. The van der Waals surface area contributed by atoms with Crippen molar-refractivity contribution in [2.24, 2.45) is 5.92 Å². The van der Waals surface area contributed by atoms with E-state index in [9.17, 15) is 9.59 Å². The molecule has 2 aromatic rings. The lowest BCUT2D eigenvalue weighted by Crippen LogP contribution is -2.42. The van der Waals surface area contributed by atoms with Crippen LogP contribution < -0.4 is 5.56 Å². The van der Waals surface area contributed by atoms with Crippen molar-refractivity contribution in [3.05, 3.63) is 38.9 Å². The van der Waals surface area contributed by atoms with Crippen LogP contribution in [0.5, 0.6) is 0 Å². The van der Waals surface area contributed by atoms with Crippen molar-refractivity contribution in [1.82, 2.24) is 14.9 Å². The number of amides is 1. The highest BCUT2D eigenvalue weighted by atomic mass is 32.1. The molecular weight excluding hydrogens is 322 g/mol. The van der Waals surface area contributed by atoms with Gasteiger partial charge in [-0.25, -0.2) is 0 Å². The Bertz CT molecular complexity index is 916. The molecule has 24 heavy (non-hydrogen) atoms. The lowest BCUT2D eigenvalue weighted by molar-refractivity contribution is 0.0633. The summed E-state index contributed by atoms with van der Waals surface area (Å²) in [6.45, 7) is 2.15. The molecule has 2 fully saturated rings. The van der Waals surface area contributed by atoms with E-state index in [0.717, 1.165) is 12.8 Å². The van der Waals surface area contributed by atoms with Gasteiger partial charge < -0.3 is 9.88 Å². The van der Waals surface area contributed by atoms with Crippen LogP contribution in [0.15, 0.2) is 23.0 Å². The minimum atomic E-state index is -0.227. The minimum Gasteiger partial charge on any atom is -0.333 e. The highest BCUT2D eigenvalue weighted by Crippen LogP contribution is 2.40. The van der Waals surface area contributed by atoms with Crippen molar-refractivity contribution in [2.75, 3.05) is 0 Å². The van der Waals surface area contributed by atoms with Crippen LogP contribution in [0, 0.1) is 10.7 Å². The van der Waals surface area contributed by atoms with Gasteiger partial charge in [-0.2, -0.15) is 0 Å². The zero-order chi connectivity index (χ0) is 16.8. The molecule has 5 nitrogen and oxygen atoms in total. The number of hydrogen-bond acceptors (Lipinski definition) is 3. The zero-order valence-corrected chi connectivity index (χ0v) is 14.5. The highest BCUT2D eigenvalue weighted by Gasteiger charge is 2.42. The smallest absolute Gasteiger partial charge is 0.259 e. The van der Waals surface area contributed by atoms with Gasteiger partial charge in [0.15, 0.2) is 4.77 Å². The number of nitrogens with one attached hydrogen (secondary N) is 2. The van der Waals surface area contributed by atoms with Crippen LogP contribution >= 0.6 is 12.2 Å². The first-order valence-corrected chi connectivity index (χ1v) is 9.04. The third kappa shape index (κ3) is 2.49. The standard InChI is InChI=1S/C18H21N3O2S/c1-10-8-11-4-2-3-5-15(11)21(10)17(23)12-6-7-13-14(9-12)19-18(24)20-16(13)22/h6-7,9-11,15H,2-5,8H2,1H3,(H2,19,20,22,24)/t10-,11+,15+/m1/s1. The van der Waals surface area contributed by atoms with Crippen molar-refractivity contribution in [3.63, 3.8) is 0 Å². The number of carbonyl (C=O) groups excluding carboxylic acids is 1. The summed E-state index contributed by atoms with van der Waals surface area (Å²) in [6, 6.07) is 5.85. The molecule has 1 saturated heterocycles. The van der Waals surface area contributed by atoms with E-state index in [1.165, 1.54) is 19.3 Å². The summed E-state index contributed by atoms with van der Waals surface area (Å²) in [5, 5.41) is 0.519. The predicted molar refractivity (Wildman–Crippen MR) is 95.7 cm³/mol. The number of carbonyl (C=O) groups is 1. The molecule has 0 radical (unpaired) electrons. The Morgan fingerprint density at radius 2 is 2.04 bits per heavy atom. The first kappa shape index (κ1) is 15.6. The van der Waals surface area contributed by atoms with Gasteiger partial charge in [0.2, 0.25) is 0 Å².